The zero-order valence-electron chi connectivity index (χ0n) is 21.4. The van der Waals surface area contributed by atoms with Gasteiger partial charge in [0, 0.05) is 0 Å². The van der Waals surface area contributed by atoms with Crippen LogP contribution in [0.3, 0.4) is 0 Å². The predicted octanol–water partition coefficient (Wildman–Crippen LogP) is -4.26. The molecule has 232 valence electrons. The van der Waals surface area contributed by atoms with Gasteiger partial charge in [-0.25, -0.2) is 0 Å². The van der Waals surface area contributed by atoms with Crippen molar-refractivity contribution in [3.8, 4) is 0 Å². The average molecular weight is 692 g/mol. The third-order valence-corrected chi connectivity index (χ3v) is 12.5. The molecule has 0 fully saturated rings. The van der Waals surface area contributed by atoms with Crippen molar-refractivity contribution >= 4 is 80.6 Å². The van der Waals surface area contributed by atoms with Crippen molar-refractivity contribution in [2.45, 2.75) is 48.3 Å². The Hall–Kier alpha value is -3.10. The Morgan fingerprint density at radius 1 is 0.634 bits per heavy atom. The van der Waals surface area contributed by atoms with Crippen LogP contribution >= 0.6 is 20.4 Å². The molecule has 0 aromatic rings. The van der Waals surface area contributed by atoms with Crippen molar-refractivity contribution in [2.75, 3.05) is 26.2 Å². The van der Waals surface area contributed by atoms with Crippen LogP contribution in [0.1, 0.15) is 25.7 Å². The summed E-state index contributed by atoms with van der Waals surface area (Å²) in [6.45, 7) is -1.97. The van der Waals surface area contributed by atoms with E-state index in [4.69, 9.17) is 21.7 Å². The molecule has 0 radical (unpaired) electrons. The zero-order chi connectivity index (χ0) is 31.5. The number of carboxylic acids is 4. The maximum absolute atomic E-state index is 12.6. The average Bonchev–Trinajstić information content (AvgIpc) is 2.86. The van der Waals surface area contributed by atoms with E-state index in [9.17, 15) is 48.6 Å². The van der Waals surface area contributed by atoms with Gasteiger partial charge in [-0.2, -0.15) is 0 Å². The number of hydrogen-bond acceptors (Lipinski definition) is 12. The summed E-state index contributed by atoms with van der Waals surface area (Å²) in [5.74, 6) is -8.26. The number of hydrogen-bond donors (Lipinski definition) is 10. The molecule has 41 heavy (non-hydrogen) atoms. The van der Waals surface area contributed by atoms with E-state index in [0.717, 1.165) is 20.4 Å². The third-order valence-electron chi connectivity index (χ3n) is 4.78. The molecule has 2 unspecified atom stereocenters. The Kier molecular flexibility index (Phi) is 19.2. The Bertz CT molecular complexity index is 901. The van der Waals surface area contributed by atoms with Gasteiger partial charge in [-0.1, -0.05) is 0 Å². The standard InChI is InChI=1S/C20H32N6O12S2Se/c21-13(27)3-1-9(19(35)36)23-5-11(17(33)25-7-15(29)30)39-41-40-12(18(34)26-8-16(31)32)6-24-10(20(37)38)2-4-14(22)28/h9-12,23-24H,1-8H2,(H2,21,27)(H2,22,28)(H,25,33)(H,26,34)(H,29,30)(H,31,32)(H,35,36)(H,37,38)/t9-,10-,11?,12?/m0/s1. The molecule has 0 aliphatic rings. The molecule has 18 nitrogen and oxygen atoms in total. The number of aliphatic carboxylic acids is 4. The minimum absolute atomic E-state index is 0.170. The van der Waals surface area contributed by atoms with Gasteiger partial charge in [0.25, 0.3) is 0 Å². The van der Waals surface area contributed by atoms with E-state index in [0.29, 0.717) is 0 Å². The molecule has 0 bridgehead atoms. The normalized spacial score (nSPS) is 13.7. The van der Waals surface area contributed by atoms with Gasteiger partial charge in [0.05, 0.1) is 0 Å². The van der Waals surface area contributed by atoms with Gasteiger partial charge in [0.15, 0.2) is 0 Å². The Morgan fingerprint density at radius 2 is 0.976 bits per heavy atom. The molecule has 4 atom stereocenters. The molecule has 0 saturated carbocycles. The quantitative estimate of drug-likeness (QED) is 0.0428. The number of amides is 4. The van der Waals surface area contributed by atoms with Crippen LogP contribution in [0.2, 0.25) is 0 Å². The van der Waals surface area contributed by atoms with Crippen molar-refractivity contribution in [2.24, 2.45) is 11.5 Å². The molecule has 0 rings (SSSR count). The monoisotopic (exact) mass is 692 g/mol. The van der Waals surface area contributed by atoms with E-state index < -0.39 is 95.9 Å². The van der Waals surface area contributed by atoms with Crippen molar-refractivity contribution in [3.05, 3.63) is 0 Å². The fraction of sp³-hybridized carbons (Fsp3) is 0.600. The second kappa shape index (κ2) is 20.7. The number of nitrogens with two attached hydrogens (primary N) is 2. The van der Waals surface area contributed by atoms with Crippen LogP contribution in [-0.2, 0) is 38.4 Å². The molecule has 12 N–H and O–H groups in total. The molecule has 0 saturated heterocycles. The van der Waals surface area contributed by atoms with Crippen LogP contribution in [-0.4, -0.2) is 129 Å². The summed E-state index contributed by atoms with van der Waals surface area (Å²) in [6.07, 6.45) is -0.833. The van der Waals surface area contributed by atoms with E-state index in [1.165, 1.54) is 0 Å². The van der Waals surface area contributed by atoms with Gasteiger partial charge < -0.3 is 0 Å². The molecule has 0 aromatic heterocycles. The first-order chi connectivity index (χ1) is 19.1. The molecule has 0 heterocycles. The molecule has 0 aliphatic carbocycles. The number of primary amides is 2. The summed E-state index contributed by atoms with van der Waals surface area (Å²) in [6, 6.07) is -2.49. The summed E-state index contributed by atoms with van der Waals surface area (Å²) in [5, 5.41) is 43.9. The van der Waals surface area contributed by atoms with Gasteiger partial charge in [-0.15, -0.1) is 0 Å². The molecule has 21 heteroatoms. The first kappa shape index (κ1) is 37.9. The van der Waals surface area contributed by atoms with Crippen LogP contribution in [0, 0.1) is 0 Å². The van der Waals surface area contributed by atoms with Crippen LogP contribution in [0.15, 0.2) is 0 Å². The maximum atomic E-state index is 12.6. The van der Waals surface area contributed by atoms with Crippen molar-refractivity contribution < 1.29 is 58.8 Å². The van der Waals surface area contributed by atoms with Crippen LogP contribution in [0.25, 0.3) is 0 Å². The molecular formula is C20H32N6O12S2Se. The number of carbonyl (C=O) groups excluding carboxylic acids is 4. The second-order valence-corrected chi connectivity index (χ2v) is 15.1. The topological polar surface area (TPSA) is 318 Å². The van der Waals surface area contributed by atoms with Gasteiger partial charge >= 0.3 is 247 Å². The van der Waals surface area contributed by atoms with Gasteiger partial charge in [0.1, 0.15) is 0 Å². The Balaban J connectivity index is 5.50. The summed E-state index contributed by atoms with van der Waals surface area (Å²) in [4.78, 5) is 91.9. The SMILES string of the molecule is NC(=O)CC[C@H](NCC(S[Se]SC(CN[C@@H](CCC(N)=O)C(=O)O)C(=O)NCC(=O)O)C(=O)NCC(=O)O)C(=O)O. The molecule has 0 aromatic carbocycles. The van der Waals surface area contributed by atoms with E-state index in [-0.39, 0.29) is 38.8 Å². The number of nitrogens with one attached hydrogen (secondary N) is 4. The summed E-state index contributed by atoms with van der Waals surface area (Å²) in [5.41, 5.74) is 10.1. The van der Waals surface area contributed by atoms with E-state index in [1.54, 1.807) is 0 Å². The van der Waals surface area contributed by atoms with Crippen molar-refractivity contribution in [1.82, 2.24) is 21.3 Å². The summed E-state index contributed by atoms with van der Waals surface area (Å²) < 4.78 is 0. The molecule has 0 aliphatic heterocycles. The number of carbonyl (C=O) groups is 8. The number of carboxylic acid groups (broad SMARTS) is 4. The summed E-state index contributed by atoms with van der Waals surface area (Å²) >= 11 is -0.711. The molecule has 4 amide bonds. The Labute approximate surface area is 246 Å². The summed E-state index contributed by atoms with van der Waals surface area (Å²) in [7, 11) is 1.91. The third kappa shape index (κ3) is 18.8. The van der Waals surface area contributed by atoms with Crippen LogP contribution < -0.4 is 32.7 Å². The van der Waals surface area contributed by atoms with E-state index in [2.05, 4.69) is 21.3 Å². The molecular weight excluding hydrogens is 659 g/mol. The van der Waals surface area contributed by atoms with Gasteiger partial charge in [0.2, 0.25) is 0 Å². The zero-order valence-corrected chi connectivity index (χ0v) is 24.7. The first-order valence-electron chi connectivity index (χ1n) is 11.6. The van der Waals surface area contributed by atoms with Crippen molar-refractivity contribution in [1.29, 1.82) is 0 Å². The Morgan fingerprint density at radius 3 is 1.24 bits per heavy atom. The second-order valence-electron chi connectivity index (χ2n) is 8.07. The van der Waals surface area contributed by atoms with Crippen molar-refractivity contribution in [3.63, 3.8) is 0 Å². The van der Waals surface area contributed by atoms with Gasteiger partial charge in [-0.05, 0) is 0 Å². The number of rotatable bonds is 24. The fourth-order valence-corrected chi connectivity index (χ4v) is 10.7. The van der Waals surface area contributed by atoms with Gasteiger partial charge in [-0.3, -0.25) is 0 Å². The van der Waals surface area contributed by atoms with Crippen LogP contribution in [0.5, 0.6) is 0 Å². The van der Waals surface area contributed by atoms with E-state index in [1.807, 2.05) is 0 Å². The molecule has 0 spiro atoms. The fourth-order valence-electron chi connectivity index (χ4n) is 2.71. The van der Waals surface area contributed by atoms with Crippen LogP contribution in [0.4, 0.5) is 0 Å². The predicted molar refractivity (Wildman–Crippen MR) is 146 cm³/mol. The first-order valence-corrected chi connectivity index (χ1v) is 17.4. The van der Waals surface area contributed by atoms with E-state index >= 15 is 0 Å². The minimum atomic E-state index is -1.33.